The molecule has 0 saturated carbocycles. The lowest BCUT2D eigenvalue weighted by Gasteiger charge is -2.02. The van der Waals surface area contributed by atoms with Crippen LogP contribution in [0.4, 0.5) is 0 Å². The van der Waals surface area contributed by atoms with Gasteiger partial charge in [0.1, 0.15) is 0 Å². The third-order valence-corrected chi connectivity index (χ3v) is 2.17. The lowest BCUT2D eigenvalue weighted by atomic mass is 10.2. The van der Waals surface area contributed by atoms with Crippen molar-refractivity contribution < 1.29 is 0 Å². The Morgan fingerprint density at radius 1 is 1.00 bits per heavy atom. The Labute approximate surface area is 82.9 Å². The van der Waals surface area contributed by atoms with Crippen molar-refractivity contribution in [3.05, 3.63) is 42.1 Å². The fourth-order valence-electron chi connectivity index (χ4n) is 1.20. The first-order valence-electron chi connectivity index (χ1n) is 4.48. The smallest absolute Gasteiger partial charge is 0.0889 e. The van der Waals surface area contributed by atoms with Crippen molar-refractivity contribution >= 4 is 0 Å². The fraction of sp³-hybridized carbons (Fsp3) is 0.182. The minimum atomic E-state index is 0.899. The van der Waals surface area contributed by atoms with Crippen molar-refractivity contribution in [3.63, 3.8) is 0 Å². The molecule has 0 amide bonds. The second-order valence-corrected chi connectivity index (χ2v) is 3.16. The van der Waals surface area contributed by atoms with Gasteiger partial charge in [-0.1, -0.05) is 0 Å². The van der Waals surface area contributed by atoms with Crippen LogP contribution in [0.2, 0.25) is 0 Å². The first-order chi connectivity index (χ1) is 6.77. The third-order valence-electron chi connectivity index (χ3n) is 2.17. The van der Waals surface area contributed by atoms with Crippen molar-refractivity contribution in [3.8, 4) is 11.3 Å². The summed E-state index contributed by atoms with van der Waals surface area (Å²) in [5.41, 5.74) is 3.90. The lowest BCUT2D eigenvalue weighted by molar-refractivity contribution is 1.05. The number of aromatic nitrogens is 3. The van der Waals surface area contributed by atoms with E-state index in [2.05, 4.69) is 15.0 Å². The van der Waals surface area contributed by atoms with E-state index in [0.29, 0.717) is 0 Å². The predicted molar refractivity (Wildman–Crippen MR) is 54.7 cm³/mol. The van der Waals surface area contributed by atoms with E-state index in [1.165, 1.54) is 0 Å². The zero-order valence-corrected chi connectivity index (χ0v) is 8.23. The number of pyridine rings is 1. The molecule has 0 aliphatic heterocycles. The van der Waals surface area contributed by atoms with Gasteiger partial charge in [0, 0.05) is 18.0 Å². The minimum absolute atomic E-state index is 0.899. The molecule has 0 radical (unpaired) electrons. The van der Waals surface area contributed by atoms with Crippen LogP contribution in [-0.4, -0.2) is 15.0 Å². The molecular formula is C11H11N3. The molecule has 0 atom stereocenters. The van der Waals surface area contributed by atoms with Crippen LogP contribution in [0.25, 0.3) is 11.3 Å². The van der Waals surface area contributed by atoms with Crippen molar-refractivity contribution in [2.24, 2.45) is 0 Å². The van der Waals surface area contributed by atoms with Crippen LogP contribution in [0, 0.1) is 13.8 Å². The van der Waals surface area contributed by atoms with Gasteiger partial charge in [0.05, 0.1) is 23.3 Å². The Kier molecular flexibility index (Phi) is 2.23. The molecule has 0 bridgehead atoms. The molecule has 0 fully saturated rings. The Bertz CT molecular complexity index is 438. The topological polar surface area (TPSA) is 38.7 Å². The zero-order valence-electron chi connectivity index (χ0n) is 8.23. The van der Waals surface area contributed by atoms with Gasteiger partial charge in [-0.15, -0.1) is 0 Å². The van der Waals surface area contributed by atoms with Gasteiger partial charge in [-0.05, 0) is 26.0 Å². The van der Waals surface area contributed by atoms with Gasteiger partial charge in [0.2, 0.25) is 0 Å². The standard InChI is InChI=1S/C11H11N3/c1-8-9(2)14-11(7-13-8)10-3-5-12-6-4-10/h3-7H,1-2H3. The third kappa shape index (κ3) is 1.62. The zero-order chi connectivity index (χ0) is 9.97. The van der Waals surface area contributed by atoms with Gasteiger partial charge in [-0.25, -0.2) is 4.98 Å². The van der Waals surface area contributed by atoms with E-state index >= 15 is 0 Å². The Morgan fingerprint density at radius 2 is 1.71 bits per heavy atom. The monoisotopic (exact) mass is 185 g/mol. The highest BCUT2D eigenvalue weighted by Crippen LogP contribution is 2.15. The highest BCUT2D eigenvalue weighted by molar-refractivity contribution is 5.57. The number of aryl methyl sites for hydroxylation is 2. The molecule has 0 aliphatic rings. The van der Waals surface area contributed by atoms with Crippen molar-refractivity contribution in [2.45, 2.75) is 13.8 Å². The van der Waals surface area contributed by atoms with E-state index in [-0.39, 0.29) is 0 Å². The van der Waals surface area contributed by atoms with Gasteiger partial charge in [-0.2, -0.15) is 0 Å². The Morgan fingerprint density at radius 3 is 2.36 bits per heavy atom. The van der Waals surface area contributed by atoms with Crippen LogP contribution in [-0.2, 0) is 0 Å². The molecule has 70 valence electrons. The van der Waals surface area contributed by atoms with Gasteiger partial charge in [0.25, 0.3) is 0 Å². The summed E-state index contributed by atoms with van der Waals surface area (Å²) in [6.45, 7) is 3.92. The van der Waals surface area contributed by atoms with Crippen LogP contribution in [0.15, 0.2) is 30.7 Å². The van der Waals surface area contributed by atoms with Gasteiger partial charge < -0.3 is 0 Å². The Balaban J connectivity index is 2.48. The summed E-state index contributed by atoms with van der Waals surface area (Å²) in [5, 5.41) is 0. The number of hydrogen-bond donors (Lipinski definition) is 0. The summed E-state index contributed by atoms with van der Waals surface area (Å²) < 4.78 is 0. The molecule has 3 heteroatoms. The fourth-order valence-corrected chi connectivity index (χ4v) is 1.20. The maximum atomic E-state index is 4.45. The Hall–Kier alpha value is -1.77. The molecule has 0 N–H and O–H groups in total. The van der Waals surface area contributed by atoms with E-state index < -0.39 is 0 Å². The molecule has 0 spiro atoms. The van der Waals surface area contributed by atoms with Gasteiger partial charge in [-0.3, -0.25) is 9.97 Å². The summed E-state index contributed by atoms with van der Waals surface area (Å²) in [5.74, 6) is 0. The number of rotatable bonds is 1. The van der Waals surface area contributed by atoms with Crippen molar-refractivity contribution in [1.82, 2.24) is 15.0 Å². The number of hydrogen-bond acceptors (Lipinski definition) is 3. The first kappa shape index (κ1) is 8.81. The highest BCUT2D eigenvalue weighted by Gasteiger charge is 2.01. The molecule has 2 rings (SSSR count). The molecule has 0 aliphatic carbocycles. The second-order valence-electron chi connectivity index (χ2n) is 3.16. The molecule has 0 unspecified atom stereocenters. The summed E-state index contributed by atoms with van der Waals surface area (Å²) in [6.07, 6.45) is 5.30. The second kappa shape index (κ2) is 3.54. The molecule has 2 aromatic heterocycles. The van der Waals surface area contributed by atoms with Crippen LogP contribution >= 0.6 is 0 Å². The first-order valence-corrected chi connectivity index (χ1v) is 4.48. The van der Waals surface area contributed by atoms with E-state index in [0.717, 1.165) is 22.6 Å². The van der Waals surface area contributed by atoms with E-state index in [4.69, 9.17) is 0 Å². The SMILES string of the molecule is Cc1ncc(-c2ccncc2)nc1C. The van der Waals surface area contributed by atoms with Crippen molar-refractivity contribution in [1.29, 1.82) is 0 Å². The molecule has 2 heterocycles. The average Bonchev–Trinajstić information content (AvgIpc) is 2.23. The summed E-state index contributed by atoms with van der Waals surface area (Å²) in [7, 11) is 0. The normalized spacial score (nSPS) is 10.1. The molecular weight excluding hydrogens is 174 g/mol. The summed E-state index contributed by atoms with van der Waals surface area (Å²) >= 11 is 0. The predicted octanol–water partition coefficient (Wildman–Crippen LogP) is 2.16. The lowest BCUT2D eigenvalue weighted by Crippen LogP contribution is -1.93. The van der Waals surface area contributed by atoms with E-state index in [9.17, 15) is 0 Å². The largest absolute Gasteiger partial charge is 0.265 e. The number of nitrogens with zero attached hydrogens (tertiary/aromatic N) is 3. The minimum Gasteiger partial charge on any atom is -0.265 e. The average molecular weight is 185 g/mol. The highest BCUT2D eigenvalue weighted by atomic mass is 14.8. The molecule has 3 nitrogen and oxygen atoms in total. The van der Waals surface area contributed by atoms with Crippen LogP contribution in [0.3, 0.4) is 0 Å². The summed E-state index contributed by atoms with van der Waals surface area (Å²) in [4.78, 5) is 12.7. The van der Waals surface area contributed by atoms with E-state index in [1.807, 2.05) is 26.0 Å². The van der Waals surface area contributed by atoms with E-state index in [1.54, 1.807) is 18.6 Å². The molecule has 0 saturated heterocycles. The van der Waals surface area contributed by atoms with Gasteiger partial charge >= 0.3 is 0 Å². The maximum absolute atomic E-state index is 4.45. The van der Waals surface area contributed by atoms with Crippen molar-refractivity contribution in [2.75, 3.05) is 0 Å². The molecule has 0 aromatic carbocycles. The maximum Gasteiger partial charge on any atom is 0.0889 e. The van der Waals surface area contributed by atoms with Crippen LogP contribution < -0.4 is 0 Å². The van der Waals surface area contributed by atoms with Gasteiger partial charge in [0.15, 0.2) is 0 Å². The van der Waals surface area contributed by atoms with Crippen LogP contribution in [0.5, 0.6) is 0 Å². The quantitative estimate of drug-likeness (QED) is 0.683. The molecule has 14 heavy (non-hydrogen) atoms. The van der Waals surface area contributed by atoms with Crippen LogP contribution in [0.1, 0.15) is 11.4 Å². The molecule has 2 aromatic rings. The summed E-state index contributed by atoms with van der Waals surface area (Å²) in [6, 6.07) is 3.86.